The van der Waals surface area contributed by atoms with E-state index in [-0.39, 0.29) is 5.91 Å². The Morgan fingerprint density at radius 3 is 1.27 bits per heavy atom. The van der Waals surface area contributed by atoms with Gasteiger partial charge in [0.2, 0.25) is 5.91 Å². The van der Waals surface area contributed by atoms with Crippen molar-refractivity contribution in [1.82, 2.24) is 5.32 Å². The summed E-state index contributed by atoms with van der Waals surface area (Å²) in [7, 11) is -4.71. The number of hydrogen-bond acceptors (Lipinski definition) is 4. The van der Waals surface area contributed by atoms with E-state index in [9.17, 15) is 14.5 Å². The predicted molar refractivity (Wildman–Crippen MR) is 204 cm³/mol. The summed E-state index contributed by atoms with van der Waals surface area (Å²) in [5.41, 5.74) is 0. The standard InChI is InChI=1S/C40H80NO6P/c1-3-5-7-9-11-13-15-17-19-21-23-25-27-29-31-33-35-39(42)38(37-47-48(44,45)46)41-40(43)36-34-32-30-28-26-24-22-20-18-16-14-12-10-8-6-4-2/h33,35,38-39,42H,3-32,34,36-37H2,1-2H3,(H,41,43)(H2,44,45,46)/b35-33+/t38-,39+/m0/s1. The highest BCUT2D eigenvalue weighted by molar-refractivity contribution is 7.46. The Bertz CT molecular complexity index is 758. The molecule has 0 bridgehead atoms. The Labute approximate surface area is 297 Å². The quantitative estimate of drug-likeness (QED) is 0.0289. The van der Waals surface area contributed by atoms with Crippen LogP contribution in [0.15, 0.2) is 12.2 Å². The number of phosphoric ester groups is 1. The summed E-state index contributed by atoms with van der Waals surface area (Å²) in [6, 6.07) is -0.904. The van der Waals surface area contributed by atoms with Crippen LogP contribution in [0.1, 0.15) is 219 Å². The third-order valence-electron chi connectivity index (χ3n) is 9.50. The first kappa shape index (κ1) is 47.3. The minimum absolute atomic E-state index is 0.223. The van der Waals surface area contributed by atoms with Crippen LogP contribution >= 0.6 is 7.82 Å². The van der Waals surface area contributed by atoms with Crippen LogP contribution in [0.3, 0.4) is 0 Å². The van der Waals surface area contributed by atoms with Crippen molar-refractivity contribution in [1.29, 1.82) is 0 Å². The van der Waals surface area contributed by atoms with Crippen LogP contribution in [-0.4, -0.2) is 39.6 Å². The van der Waals surface area contributed by atoms with Crippen molar-refractivity contribution in [3.05, 3.63) is 12.2 Å². The number of amides is 1. The van der Waals surface area contributed by atoms with E-state index in [0.29, 0.717) is 6.42 Å². The molecule has 0 radical (unpaired) electrons. The number of allylic oxidation sites excluding steroid dienone is 1. The van der Waals surface area contributed by atoms with Crippen LogP contribution < -0.4 is 5.32 Å². The van der Waals surface area contributed by atoms with E-state index in [1.165, 1.54) is 161 Å². The average molecular weight is 702 g/mol. The van der Waals surface area contributed by atoms with Crippen LogP contribution in [0.2, 0.25) is 0 Å². The van der Waals surface area contributed by atoms with Crippen LogP contribution in [0.4, 0.5) is 0 Å². The molecule has 0 aliphatic rings. The molecule has 48 heavy (non-hydrogen) atoms. The molecule has 8 heteroatoms. The molecule has 0 saturated heterocycles. The summed E-state index contributed by atoms with van der Waals surface area (Å²) in [5, 5.41) is 13.4. The maximum Gasteiger partial charge on any atom is 0.469 e. The summed E-state index contributed by atoms with van der Waals surface area (Å²) in [5.74, 6) is -0.223. The predicted octanol–water partition coefficient (Wildman–Crippen LogP) is 12.0. The number of nitrogens with one attached hydrogen (secondary N) is 1. The number of carbonyl (C=O) groups excluding carboxylic acids is 1. The molecule has 0 rings (SSSR count). The summed E-state index contributed by atoms with van der Waals surface area (Å²) < 4.78 is 15.9. The van der Waals surface area contributed by atoms with Crippen molar-refractivity contribution in [3.63, 3.8) is 0 Å². The van der Waals surface area contributed by atoms with Crippen molar-refractivity contribution in [2.24, 2.45) is 0 Å². The SMILES string of the molecule is CCCCCCCCCCCCCCCC/C=C/[C@@H](O)[C@H](COP(=O)(O)O)NC(=O)CCCCCCCCCCCCCCCCCC. The lowest BCUT2D eigenvalue weighted by Gasteiger charge is -2.22. The number of phosphoric acid groups is 1. The third-order valence-corrected chi connectivity index (χ3v) is 9.98. The second-order valence-corrected chi connectivity index (χ2v) is 15.6. The lowest BCUT2D eigenvalue weighted by atomic mass is 10.0. The zero-order valence-corrected chi connectivity index (χ0v) is 32.6. The van der Waals surface area contributed by atoms with Gasteiger partial charge in [-0.25, -0.2) is 4.57 Å². The molecule has 0 saturated carbocycles. The molecule has 0 aliphatic heterocycles. The fourth-order valence-electron chi connectivity index (χ4n) is 6.34. The van der Waals surface area contributed by atoms with E-state index in [1.54, 1.807) is 6.08 Å². The van der Waals surface area contributed by atoms with E-state index >= 15 is 0 Å². The van der Waals surface area contributed by atoms with E-state index in [4.69, 9.17) is 9.79 Å². The van der Waals surface area contributed by atoms with Gasteiger partial charge in [-0.2, -0.15) is 0 Å². The van der Waals surface area contributed by atoms with Crippen molar-refractivity contribution in [2.75, 3.05) is 6.61 Å². The van der Waals surface area contributed by atoms with Crippen molar-refractivity contribution in [3.8, 4) is 0 Å². The first-order valence-corrected chi connectivity index (χ1v) is 22.2. The zero-order chi connectivity index (χ0) is 35.4. The Hall–Kier alpha value is -0.720. The molecule has 4 N–H and O–H groups in total. The Morgan fingerprint density at radius 2 is 0.917 bits per heavy atom. The first-order chi connectivity index (χ1) is 23.3. The maximum atomic E-state index is 12.6. The van der Waals surface area contributed by atoms with Crippen molar-refractivity contribution < 1.29 is 28.8 Å². The largest absolute Gasteiger partial charge is 0.469 e. The molecule has 0 fully saturated rings. The van der Waals surface area contributed by atoms with Crippen molar-refractivity contribution >= 4 is 13.7 Å². The first-order valence-electron chi connectivity index (χ1n) is 20.6. The van der Waals surface area contributed by atoms with Gasteiger partial charge in [0.05, 0.1) is 18.8 Å². The molecule has 0 aromatic heterocycles. The molecule has 0 spiro atoms. The maximum absolute atomic E-state index is 12.6. The fourth-order valence-corrected chi connectivity index (χ4v) is 6.70. The molecular formula is C40H80NO6P. The molecule has 286 valence electrons. The highest BCUT2D eigenvalue weighted by atomic mass is 31.2. The van der Waals surface area contributed by atoms with Gasteiger partial charge in [-0.3, -0.25) is 9.32 Å². The molecule has 0 heterocycles. The van der Waals surface area contributed by atoms with Gasteiger partial charge in [0.1, 0.15) is 0 Å². The van der Waals surface area contributed by atoms with Gasteiger partial charge >= 0.3 is 7.82 Å². The molecule has 2 atom stereocenters. The smallest absolute Gasteiger partial charge is 0.387 e. The number of carbonyl (C=O) groups is 1. The van der Waals surface area contributed by atoms with Crippen LogP contribution in [-0.2, 0) is 13.9 Å². The van der Waals surface area contributed by atoms with Gasteiger partial charge in [0.15, 0.2) is 0 Å². The van der Waals surface area contributed by atoms with E-state index in [0.717, 1.165) is 38.5 Å². The Balaban J connectivity index is 3.96. The van der Waals surface area contributed by atoms with Crippen molar-refractivity contribution in [2.45, 2.75) is 231 Å². The van der Waals surface area contributed by atoms with Crippen LogP contribution in [0.25, 0.3) is 0 Å². The molecule has 0 aromatic carbocycles. The van der Waals surface area contributed by atoms with Gasteiger partial charge in [-0.15, -0.1) is 0 Å². The fraction of sp³-hybridized carbons (Fsp3) is 0.925. The monoisotopic (exact) mass is 702 g/mol. The minimum Gasteiger partial charge on any atom is -0.387 e. The summed E-state index contributed by atoms with van der Waals surface area (Å²) in [6.45, 7) is 4.08. The highest BCUT2D eigenvalue weighted by Gasteiger charge is 2.24. The van der Waals surface area contributed by atoms with Gasteiger partial charge in [-0.1, -0.05) is 206 Å². The average Bonchev–Trinajstić information content (AvgIpc) is 3.05. The topological polar surface area (TPSA) is 116 Å². The zero-order valence-electron chi connectivity index (χ0n) is 31.7. The number of unbranched alkanes of at least 4 members (excludes halogenated alkanes) is 29. The second-order valence-electron chi connectivity index (χ2n) is 14.3. The molecule has 7 nitrogen and oxygen atoms in total. The number of aliphatic hydroxyl groups excluding tert-OH is 1. The third kappa shape index (κ3) is 36.6. The van der Waals surface area contributed by atoms with Crippen LogP contribution in [0, 0.1) is 0 Å². The molecule has 0 aliphatic carbocycles. The lowest BCUT2D eigenvalue weighted by Crippen LogP contribution is -2.45. The number of hydrogen-bond donors (Lipinski definition) is 4. The number of rotatable bonds is 38. The summed E-state index contributed by atoms with van der Waals surface area (Å²) in [4.78, 5) is 30.8. The molecule has 0 aromatic rings. The Kier molecular flexibility index (Phi) is 35.5. The van der Waals surface area contributed by atoms with E-state index in [2.05, 4.69) is 23.7 Å². The summed E-state index contributed by atoms with van der Waals surface area (Å²) >= 11 is 0. The van der Waals surface area contributed by atoms with Gasteiger partial charge in [-0.05, 0) is 19.3 Å². The lowest BCUT2D eigenvalue weighted by molar-refractivity contribution is -0.123. The second kappa shape index (κ2) is 36.1. The highest BCUT2D eigenvalue weighted by Crippen LogP contribution is 2.35. The van der Waals surface area contributed by atoms with Gasteiger partial charge < -0.3 is 20.2 Å². The number of aliphatic hydroxyl groups is 1. The van der Waals surface area contributed by atoms with E-state index < -0.39 is 26.6 Å². The van der Waals surface area contributed by atoms with Gasteiger partial charge in [0, 0.05) is 6.42 Å². The Morgan fingerprint density at radius 1 is 0.583 bits per heavy atom. The molecular weight excluding hydrogens is 621 g/mol. The van der Waals surface area contributed by atoms with E-state index in [1.807, 2.05) is 6.08 Å². The van der Waals surface area contributed by atoms with Gasteiger partial charge in [0.25, 0.3) is 0 Å². The molecule has 0 unspecified atom stereocenters. The summed E-state index contributed by atoms with van der Waals surface area (Å²) in [6.07, 6.45) is 42.3. The normalized spacial score (nSPS) is 13.4. The minimum atomic E-state index is -4.71. The van der Waals surface area contributed by atoms with Crippen LogP contribution in [0.5, 0.6) is 0 Å². The molecule has 1 amide bonds.